The van der Waals surface area contributed by atoms with Crippen molar-refractivity contribution in [2.24, 2.45) is 11.8 Å². The van der Waals surface area contributed by atoms with E-state index in [4.69, 9.17) is 0 Å². The number of thioether (sulfide) groups is 1. The number of unbranched alkanes of at least 4 members (excludes halogenated alkanes) is 3. The molecule has 0 spiro atoms. The van der Waals surface area contributed by atoms with Crippen LogP contribution in [0.3, 0.4) is 0 Å². The van der Waals surface area contributed by atoms with Crippen molar-refractivity contribution in [2.75, 3.05) is 5.75 Å². The van der Waals surface area contributed by atoms with Gasteiger partial charge < -0.3 is 9.59 Å². The number of Topliss-reactive ketones (excluding diaryl/α,β-unsaturated/α-hetero) is 2. The van der Waals surface area contributed by atoms with Crippen LogP contribution in [0.25, 0.3) is 0 Å². The Bertz CT molecular complexity index is 576. The van der Waals surface area contributed by atoms with Gasteiger partial charge in [0.25, 0.3) is 0 Å². The molecule has 33 heavy (non-hydrogen) atoms. The molecular formula is C30H54O2S. The van der Waals surface area contributed by atoms with Crippen molar-refractivity contribution < 1.29 is 9.59 Å². The molecule has 0 N–H and O–H groups in total. The van der Waals surface area contributed by atoms with Crippen LogP contribution in [-0.2, 0) is 9.59 Å². The number of hydrogen-bond donors (Lipinski definition) is 0. The van der Waals surface area contributed by atoms with Gasteiger partial charge in [-0.05, 0) is 81.8 Å². The van der Waals surface area contributed by atoms with E-state index < -0.39 is 0 Å². The summed E-state index contributed by atoms with van der Waals surface area (Å²) in [6.07, 6.45) is 22.8. The highest BCUT2D eigenvalue weighted by atomic mass is 32.2. The molecule has 1 aliphatic carbocycles. The Morgan fingerprint density at radius 3 is 2.24 bits per heavy atom. The smallest absolute Gasteiger partial charge is 0.129 e. The summed E-state index contributed by atoms with van der Waals surface area (Å²) in [5, 5.41) is 0. The molecule has 1 aliphatic rings. The maximum atomic E-state index is 11.0. The molecule has 0 radical (unpaired) electrons. The van der Waals surface area contributed by atoms with Gasteiger partial charge in [0.15, 0.2) is 0 Å². The van der Waals surface area contributed by atoms with E-state index in [2.05, 4.69) is 44.7 Å². The van der Waals surface area contributed by atoms with Gasteiger partial charge in [0.2, 0.25) is 0 Å². The van der Waals surface area contributed by atoms with E-state index in [0.29, 0.717) is 11.7 Å². The molecule has 2 nitrogen and oxygen atoms in total. The molecule has 0 aromatic heterocycles. The first-order valence-corrected chi connectivity index (χ1v) is 14.8. The van der Waals surface area contributed by atoms with E-state index in [0.717, 1.165) is 31.6 Å². The van der Waals surface area contributed by atoms with Crippen LogP contribution >= 0.6 is 11.8 Å². The van der Waals surface area contributed by atoms with Gasteiger partial charge in [-0.15, -0.1) is 11.8 Å². The number of allylic oxidation sites excluding steroid dienone is 4. The van der Waals surface area contributed by atoms with Gasteiger partial charge in [0.05, 0.1) is 0 Å². The Morgan fingerprint density at radius 2 is 1.67 bits per heavy atom. The van der Waals surface area contributed by atoms with E-state index in [1.54, 1.807) is 24.3 Å². The minimum atomic E-state index is 0.289. The lowest BCUT2D eigenvalue weighted by Crippen LogP contribution is -1.96. The first kappa shape index (κ1) is 32.2. The molecule has 2 unspecified atom stereocenters. The standard InChI is InChI=1S/C25H44OS.C5H10O/c1-5-7-14-21(3)15-10-11-17-24-19-18-23(13-6-2)25(24)27-20-12-8-9-16-22(4)26;1-3-4-5(2)6/h11,17,21,24H,5-10,12-16,18-20H2,1-4H3;3-4H2,1-2H3/b17-11+;. The molecular weight excluding hydrogens is 424 g/mol. The van der Waals surface area contributed by atoms with Crippen LogP contribution in [0, 0.1) is 11.8 Å². The fourth-order valence-corrected chi connectivity index (χ4v) is 5.70. The fraction of sp³-hybridized carbons (Fsp3) is 0.800. The molecule has 0 aromatic rings. The van der Waals surface area contributed by atoms with Gasteiger partial charge in [-0.3, -0.25) is 0 Å². The summed E-state index contributed by atoms with van der Waals surface area (Å²) in [6, 6.07) is 0. The van der Waals surface area contributed by atoms with Crippen molar-refractivity contribution in [3.8, 4) is 0 Å². The normalized spacial score (nSPS) is 16.7. The highest BCUT2D eigenvalue weighted by Gasteiger charge is 2.23. The third-order valence-corrected chi connectivity index (χ3v) is 7.67. The molecule has 0 saturated heterocycles. The molecule has 192 valence electrons. The summed E-state index contributed by atoms with van der Waals surface area (Å²) >= 11 is 2.12. The molecule has 0 bridgehead atoms. The Morgan fingerprint density at radius 1 is 0.939 bits per heavy atom. The van der Waals surface area contributed by atoms with Crippen LogP contribution in [0.5, 0.6) is 0 Å². The van der Waals surface area contributed by atoms with Crippen LogP contribution in [0.2, 0.25) is 0 Å². The average Bonchev–Trinajstić information content (AvgIpc) is 3.14. The van der Waals surface area contributed by atoms with Crippen LogP contribution in [0.1, 0.15) is 138 Å². The molecule has 0 heterocycles. The second-order valence-corrected chi connectivity index (χ2v) is 11.1. The van der Waals surface area contributed by atoms with Crippen LogP contribution in [0.15, 0.2) is 22.6 Å². The number of rotatable bonds is 18. The summed E-state index contributed by atoms with van der Waals surface area (Å²) in [5.74, 6) is 3.39. The second kappa shape index (κ2) is 21.7. The maximum absolute atomic E-state index is 11.0. The molecule has 0 saturated carbocycles. The zero-order chi connectivity index (χ0) is 24.9. The largest absolute Gasteiger partial charge is 0.300 e. The highest BCUT2D eigenvalue weighted by molar-refractivity contribution is 8.03. The second-order valence-electron chi connectivity index (χ2n) is 9.93. The van der Waals surface area contributed by atoms with Crippen molar-refractivity contribution in [3.05, 3.63) is 22.6 Å². The Labute approximate surface area is 210 Å². The first-order chi connectivity index (χ1) is 15.8. The van der Waals surface area contributed by atoms with Gasteiger partial charge >= 0.3 is 0 Å². The molecule has 0 fully saturated rings. The molecule has 0 aromatic carbocycles. The predicted molar refractivity (Wildman–Crippen MR) is 149 cm³/mol. The number of hydrogen-bond acceptors (Lipinski definition) is 3. The summed E-state index contributed by atoms with van der Waals surface area (Å²) in [6.45, 7) is 12.3. The number of carbonyl (C=O) groups is 2. The van der Waals surface area contributed by atoms with Crippen molar-refractivity contribution in [1.82, 2.24) is 0 Å². The SMILES string of the molecule is CCCC(C)=O.CCCCC(C)CC/C=C/C1CCC(CCC)=C1SCCCCCC(C)=O. The lowest BCUT2D eigenvalue weighted by atomic mass is 9.98. The van der Waals surface area contributed by atoms with Crippen LogP contribution < -0.4 is 0 Å². The number of carbonyl (C=O) groups excluding carboxylic acids is 2. The highest BCUT2D eigenvalue weighted by Crippen LogP contribution is 2.42. The molecule has 3 heteroatoms. The van der Waals surface area contributed by atoms with E-state index in [9.17, 15) is 9.59 Å². The quantitative estimate of drug-likeness (QED) is 0.145. The Kier molecular flexibility index (Phi) is 21.1. The van der Waals surface area contributed by atoms with E-state index in [-0.39, 0.29) is 5.78 Å². The van der Waals surface area contributed by atoms with Crippen molar-refractivity contribution in [1.29, 1.82) is 0 Å². The molecule has 1 rings (SSSR count). The zero-order valence-corrected chi connectivity index (χ0v) is 23.7. The van der Waals surface area contributed by atoms with Crippen LogP contribution in [0.4, 0.5) is 0 Å². The monoisotopic (exact) mass is 478 g/mol. The minimum absolute atomic E-state index is 0.289. The van der Waals surface area contributed by atoms with E-state index in [1.807, 2.05) is 6.92 Å². The third kappa shape index (κ3) is 18.2. The van der Waals surface area contributed by atoms with Crippen LogP contribution in [-0.4, -0.2) is 17.3 Å². The summed E-state index contributed by atoms with van der Waals surface area (Å²) in [4.78, 5) is 22.8. The van der Waals surface area contributed by atoms with Gasteiger partial charge in [0.1, 0.15) is 11.6 Å². The minimum Gasteiger partial charge on any atom is -0.300 e. The first-order valence-electron chi connectivity index (χ1n) is 13.9. The maximum Gasteiger partial charge on any atom is 0.129 e. The predicted octanol–water partition coefficient (Wildman–Crippen LogP) is 9.87. The Hall–Kier alpha value is -0.830. The lowest BCUT2D eigenvalue weighted by molar-refractivity contribution is -0.117. The topological polar surface area (TPSA) is 34.1 Å². The zero-order valence-electron chi connectivity index (χ0n) is 22.8. The van der Waals surface area contributed by atoms with Gasteiger partial charge in [-0.2, -0.15) is 0 Å². The van der Waals surface area contributed by atoms with E-state index >= 15 is 0 Å². The number of ketones is 2. The Balaban J connectivity index is 0.00000150. The third-order valence-electron chi connectivity index (χ3n) is 6.27. The molecule has 0 amide bonds. The van der Waals surface area contributed by atoms with Gasteiger partial charge in [-0.1, -0.05) is 77.5 Å². The molecule has 2 atom stereocenters. The summed E-state index contributed by atoms with van der Waals surface area (Å²) in [5.41, 5.74) is 1.73. The lowest BCUT2D eigenvalue weighted by Gasteiger charge is -2.13. The van der Waals surface area contributed by atoms with Crippen molar-refractivity contribution in [2.45, 2.75) is 138 Å². The summed E-state index contributed by atoms with van der Waals surface area (Å²) < 4.78 is 0. The fourth-order valence-electron chi connectivity index (χ4n) is 4.31. The van der Waals surface area contributed by atoms with Crippen molar-refractivity contribution >= 4 is 23.3 Å². The molecule has 0 aliphatic heterocycles. The average molecular weight is 479 g/mol. The summed E-state index contributed by atoms with van der Waals surface area (Å²) in [7, 11) is 0. The van der Waals surface area contributed by atoms with Gasteiger partial charge in [0, 0.05) is 18.8 Å². The van der Waals surface area contributed by atoms with E-state index in [1.165, 1.54) is 76.4 Å². The van der Waals surface area contributed by atoms with Gasteiger partial charge in [-0.25, -0.2) is 0 Å². The van der Waals surface area contributed by atoms with Crippen molar-refractivity contribution in [3.63, 3.8) is 0 Å².